The van der Waals surface area contributed by atoms with E-state index in [4.69, 9.17) is 5.11 Å². The maximum atomic E-state index is 12.2. The zero-order valence-corrected chi connectivity index (χ0v) is 13.8. The highest BCUT2D eigenvalue weighted by atomic mass is 79.9. The van der Waals surface area contributed by atoms with Crippen molar-refractivity contribution in [2.45, 2.75) is 37.4 Å². The SMILES string of the molecule is CC(C)(C)C(CCO)NS(=O)(=O)c1sccc1Br. The lowest BCUT2D eigenvalue weighted by molar-refractivity contribution is 0.214. The highest BCUT2D eigenvalue weighted by Gasteiger charge is 2.30. The molecular weight excluding hydrogens is 338 g/mol. The molecule has 0 saturated heterocycles. The summed E-state index contributed by atoms with van der Waals surface area (Å²) in [4.78, 5) is 0. The summed E-state index contributed by atoms with van der Waals surface area (Å²) in [6.07, 6.45) is 0.395. The van der Waals surface area contributed by atoms with Gasteiger partial charge in [0.1, 0.15) is 4.21 Å². The number of hydrogen-bond acceptors (Lipinski definition) is 4. The van der Waals surface area contributed by atoms with Crippen LogP contribution in [-0.2, 0) is 10.0 Å². The van der Waals surface area contributed by atoms with E-state index in [-0.39, 0.29) is 22.3 Å². The van der Waals surface area contributed by atoms with Gasteiger partial charge in [0.05, 0.1) is 0 Å². The molecule has 0 aliphatic rings. The molecule has 1 unspecified atom stereocenters. The largest absolute Gasteiger partial charge is 0.396 e. The topological polar surface area (TPSA) is 66.4 Å². The molecular formula is C11H18BrNO3S2. The van der Waals surface area contributed by atoms with Crippen LogP contribution in [0.5, 0.6) is 0 Å². The van der Waals surface area contributed by atoms with E-state index in [0.29, 0.717) is 10.9 Å². The first kappa shape index (κ1) is 16.1. The van der Waals surface area contributed by atoms with Crippen LogP contribution in [0.3, 0.4) is 0 Å². The monoisotopic (exact) mass is 355 g/mol. The summed E-state index contributed by atoms with van der Waals surface area (Å²) in [7, 11) is -3.54. The van der Waals surface area contributed by atoms with E-state index in [1.165, 1.54) is 11.3 Å². The number of rotatable bonds is 5. The van der Waals surface area contributed by atoms with Gasteiger partial charge in [0, 0.05) is 17.1 Å². The molecule has 1 heterocycles. The van der Waals surface area contributed by atoms with E-state index in [2.05, 4.69) is 20.7 Å². The number of sulfonamides is 1. The van der Waals surface area contributed by atoms with E-state index in [1.807, 2.05) is 20.8 Å². The Morgan fingerprint density at radius 2 is 2.11 bits per heavy atom. The molecule has 1 aromatic rings. The minimum Gasteiger partial charge on any atom is -0.396 e. The molecule has 0 spiro atoms. The van der Waals surface area contributed by atoms with Gasteiger partial charge in [-0.3, -0.25) is 0 Å². The van der Waals surface area contributed by atoms with Crippen LogP contribution in [-0.4, -0.2) is 26.2 Å². The third kappa shape index (κ3) is 4.03. The molecule has 2 N–H and O–H groups in total. The average Bonchev–Trinajstić information content (AvgIpc) is 2.63. The molecule has 0 bridgehead atoms. The molecule has 1 rings (SSSR count). The molecule has 0 radical (unpaired) electrons. The number of nitrogens with one attached hydrogen (secondary N) is 1. The van der Waals surface area contributed by atoms with Gasteiger partial charge in [-0.05, 0) is 39.2 Å². The summed E-state index contributed by atoms with van der Waals surface area (Å²) in [6.45, 7) is 5.79. The van der Waals surface area contributed by atoms with E-state index in [0.717, 1.165) is 0 Å². The van der Waals surface area contributed by atoms with Crippen molar-refractivity contribution in [3.63, 3.8) is 0 Å². The predicted molar refractivity (Wildman–Crippen MR) is 77.3 cm³/mol. The molecule has 104 valence electrons. The second-order valence-corrected chi connectivity index (χ2v) is 8.79. The number of aliphatic hydroxyl groups is 1. The second kappa shape index (κ2) is 6.00. The van der Waals surface area contributed by atoms with E-state index in [9.17, 15) is 8.42 Å². The number of hydrogen-bond donors (Lipinski definition) is 2. The minimum atomic E-state index is -3.54. The summed E-state index contributed by atoms with van der Waals surface area (Å²) in [6, 6.07) is 1.40. The maximum absolute atomic E-state index is 12.2. The number of thiophene rings is 1. The van der Waals surface area contributed by atoms with Crippen LogP contribution in [0.1, 0.15) is 27.2 Å². The Labute approximate surface area is 121 Å². The smallest absolute Gasteiger partial charge is 0.251 e. The van der Waals surface area contributed by atoms with Crippen LogP contribution in [0.15, 0.2) is 20.1 Å². The van der Waals surface area contributed by atoms with Gasteiger partial charge in [0.15, 0.2) is 0 Å². The fourth-order valence-electron chi connectivity index (χ4n) is 1.51. The van der Waals surface area contributed by atoms with Crippen molar-refractivity contribution in [1.82, 2.24) is 4.72 Å². The van der Waals surface area contributed by atoms with Crippen molar-refractivity contribution in [2.24, 2.45) is 5.41 Å². The van der Waals surface area contributed by atoms with Gasteiger partial charge in [-0.2, -0.15) is 0 Å². The van der Waals surface area contributed by atoms with Crippen LogP contribution in [0, 0.1) is 5.41 Å². The average molecular weight is 356 g/mol. The first-order valence-electron chi connectivity index (χ1n) is 5.54. The summed E-state index contributed by atoms with van der Waals surface area (Å²) < 4.78 is 28.0. The van der Waals surface area contributed by atoms with Crippen LogP contribution in [0.4, 0.5) is 0 Å². The molecule has 1 aromatic heterocycles. The highest BCUT2D eigenvalue weighted by molar-refractivity contribution is 9.10. The molecule has 18 heavy (non-hydrogen) atoms. The van der Waals surface area contributed by atoms with E-state index < -0.39 is 10.0 Å². The van der Waals surface area contributed by atoms with Crippen LogP contribution in [0.25, 0.3) is 0 Å². The summed E-state index contributed by atoms with van der Waals surface area (Å²) >= 11 is 4.39. The fraction of sp³-hybridized carbons (Fsp3) is 0.636. The second-order valence-electron chi connectivity index (χ2n) is 5.11. The summed E-state index contributed by atoms with van der Waals surface area (Å²) in [5.41, 5.74) is -0.250. The highest BCUT2D eigenvalue weighted by Crippen LogP contribution is 2.30. The van der Waals surface area contributed by atoms with Gasteiger partial charge >= 0.3 is 0 Å². The Morgan fingerprint density at radius 3 is 2.50 bits per heavy atom. The molecule has 0 aromatic carbocycles. The Balaban J connectivity index is 2.97. The first-order valence-corrected chi connectivity index (χ1v) is 8.70. The van der Waals surface area contributed by atoms with Crippen molar-refractivity contribution in [3.8, 4) is 0 Å². The molecule has 0 aliphatic heterocycles. The summed E-state index contributed by atoms with van der Waals surface area (Å²) in [5, 5.41) is 10.8. The molecule has 0 saturated carbocycles. The van der Waals surface area contributed by atoms with Crippen molar-refractivity contribution < 1.29 is 13.5 Å². The Morgan fingerprint density at radius 1 is 1.50 bits per heavy atom. The molecule has 0 fully saturated rings. The zero-order chi connectivity index (χ0) is 14.0. The molecule has 0 aliphatic carbocycles. The van der Waals surface area contributed by atoms with Gasteiger partial charge in [0.25, 0.3) is 10.0 Å². The number of halogens is 1. The fourth-order valence-corrected chi connectivity index (χ4v) is 5.34. The van der Waals surface area contributed by atoms with Crippen LogP contribution >= 0.6 is 27.3 Å². The first-order chi connectivity index (χ1) is 8.18. The quantitative estimate of drug-likeness (QED) is 0.852. The lowest BCUT2D eigenvalue weighted by atomic mass is 9.86. The molecule has 1 atom stereocenters. The van der Waals surface area contributed by atoms with E-state index >= 15 is 0 Å². The normalized spacial score (nSPS) is 14.7. The van der Waals surface area contributed by atoms with Gasteiger partial charge in [-0.15, -0.1) is 11.3 Å². The predicted octanol–water partition coefficient (Wildman–Crippen LogP) is 2.59. The van der Waals surface area contributed by atoms with Crippen molar-refractivity contribution in [2.75, 3.05) is 6.61 Å². The van der Waals surface area contributed by atoms with Gasteiger partial charge in [0.2, 0.25) is 0 Å². The lowest BCUT2D eigenvalue weighted by Crippen LogP contribution is -2.44. The Kier molecular flexibility index (Phi) is 5.37. The maximum Gasteiger partial charge on any atom is 0.251 e. The Hall–Kier alpha value is 0.0500. The third-order valence-corrected chi connectivity index (χ3v) is 6.73. The molecule has 4 nitrogen and oxygen atoms in total. The van der Waals surface area contributed by atoms with Crippen molar-refractivity contribution in [1.29, 1.82) is 0 Å². The molecule has 0 amide bonds. The third-order valence-electron chi connectivity index (χ3n) is 2.59. The van der Waals surface area contributed by atoms with Crippen LogP contribution < -0.4 is 4.72 Å². The van der Waals surface area contributed by atoms with Crippen molar-refractivity contribution >= 4 is 37.3 Å². The standard InChI is InChI=1S/C11H18BrNO3S2/c1-11(2,3)9(4-6-14)13-18(15,16)10-8(12)5-7-17-10/h5,7,9,13-14H,4,6H2,1-3H3. The van der Waals surface area contributed by atoms with Gasteiger partial charge in [-0.1, -0.05) is 20.8 Å². The van der Waals surface area contributed by atoms with Crippen LogP contribution in [0.2, 0.25) is 0 Å². The molecule has 7 heteroatoms. The van der Waals surface area contributed by atoms with Gasteiger partial charge < -0.3 is 5.11 Å². The van der Waals surface area contributed by atoms with Gasteiger partial charge in [-0.25, -0.2) is 13.1 Å². The Bertz CT molecular complexity index is 491. The number of aliphatic hydroxyl groups excluding tert-OH is 1. The lowest BCUT2D eigenvalue weighted by Gasteiger charge is -2.30. The van der Waals surface area contributed by atoms with Crippen molar-refractivity contribution in [3.05, 3.63) is 15.9 Å². The minimum absolute atomic E-state index is 0.0456. The van der Waals surface area contributed by atoms with E-state index in [1.54, 1.807) is 11.4 Å². The summed E-state index contributed by atoms with van der Waals surface area (Å²) in [5.74, 6) is 0. The zero-order valence-electron chi connectivity index (χ0n) is 10.6.